The molecule has 2 N–H and O–H groups in total. The van der Waals surface area contributed by atoms with E-state index in [4.69, 9.17) is 10.5 Å². The Bertz CT molecular complexity index is 179. The number of nitrogens with zero attached hydrogens (tertiary/aromatic N) is 1. The number of morpholine rings is 1. The summed E-state index contributed by atoms with van der Waals surface area (Å²) in [7, 11) is 0. The lowest BCUT2D eigenvalue weighted by Crippen LogP contribution is -2.37. The van der Waals surface area contributed by atoms with Gasteiger partial charge in [-0.2, -0.15) is 0 Å². The lowest BCUT2D eigenvalue weighted by Gasteiger charge is -2.26. The topological polar surface area (TPSA) is 55.6 Å². The van der Waals surface area contributed by atoms with Crippen molar-refractivity contribution in [2.45, 2.75) is 25.8 Å². The zero-order chi connectivity index (χ0) is 10.4. The van der Waals surface area contributed by atoms with Gasteiger partial charge in [0.2, 0.25) is 0 Å². The van der Waals surface area contributed by atoms with E-state index in [-0.39, 0.29) is 11.8 Å². The molecule has 82 valence electrons. The Morgan fingerprint density at radius 2 is 2.14 bits per heavy atom. The second kappa shape index (κ2) is 6.11. The van der Waals surface area contributed by atoms with Gasteiger partial charge in [0, 0.05) is 13.1 Å². The molecule has 1 saturated heterocycles. The summed E-state index contributed by atoms with van der Waals surface area (Å²) in [5.74, 6) is 0.0898. The highest BCUT2D eigenvalue weighted by Gasteiger charge is 2.11. The molecule has 0 amide bonds. The summed E-state index contributed by atoms with van der Waals surface area (Å²) in [6, 6.07) is -0.268. The van der Waals surface area contributed by atoms with Gasteiger partial charge in [-0.3, -0.25) is 9.69 Å². The number of carbonyl (C=O) groups excluding carboxylic acids is 1. The van der Waals surface area contributed by atoms with Crippen LogP contribution in [0.15, 0.2) is 0 Å². The monoisotopic (exact) mass is 200 g/mol. The van der Waals surface area contributed by atoms with Crippen molar-refractivity contribution >= 4 is 5.78 Å². The van der Waals surface area contributed by atoms with E-state index in [1.54, 1.807) is 6.92 Å². The number of carbonyl (C=O) groups is 1. The minimum absolute atomic E-state index is 0.0898. The second-order valence-corrected chi connectivity index (χ2v) is 3.81. The van der Waals surface area contributed by atoms with E-state index < -0.39 is 0 Å². The van der Waals surface area contributed by atoms with Gasteiger partial charge < -0.3 is 10.5 Å². The van der Waals surface area contributed by atoms with Crippen LogP contribution in [0, 0.1) is 0 Å². The Labute approximate surface area is 85.4 Å². The Hall–Kier alpha value is -0.450. The standard InChI is InChI=1S/C10H20N2O2/c1-9(13)10(11)3-2-4-12-5-7-14-8-6-12/h10H,2-8,11H2,1H3/t10-/m1/s1. The van der Waals surface area contributed by atoms with Crippen LogP contribution < -0.4 is 5.73 Å². The number of Topliss-reactive ketones (excluding diaryl/α,β-unsaturated/α-hetero) is 1. The largest absolute Gasteiger partial charge is 0.379 e. The highest BCUT2D eigenvalue weighted by atomic mass is 16.5. The third-order valence-electron chi connectivity index (χ3n) is 2.62. The first-order chi connectivity index (χ1) is 6.70. The quantitative estimate of drug-likeness (QED) is 0.679. The molecule has 0 bridgehead atoms. The van der Waals surface area contributed by atoms with E-state index in [0.717, 1.165) is 45.7 Å². The molecular formula is C10H20N2O2. The number of hydrogen-bond acceptors (Lipinski definition) is 4. The Morgan fingerprint density at radius 3 is 2.71 bits per heavy atom. The molecule has 0 aromatic carbocycles. The fraction of sp³-hybridized carbons (Fsp3) is 0.900. The van der Waals surface area contributed by atoms with Gasteiger partial charge in [0.1, 0.15) is 5.78 Å². The molecular weight excluding hydrogens is 180 g/mol. The predicted octanol–water partition coefficient (Wildman–Crippen LogP) is 0.0151. The molecule has 1 atom stereocenters. The van der Waals surface area contributed by atoms with Crippen LogP contribution >= 0.6 is 0 Å². The summed E-state index contributed by atoms with van der Waals surface area (Å²) < 4.78 is 5.24. The van der Waals surface area contributed by atoms with Gasteiger partial charge in [-0.1, -0.05) is 0 Å². The fourth-order valence-corrected chi connectivity index (χ4v) is 1.56. The normalized spacial score (nSPS) is 20.7. The van der Waals surface area contributed by atoms with Crippen molar-refractivity contribution < 1.29 is 9.53 Å². The first-order valence-corrected chi connectivity index (χ1v) is 5.26. The molecule has 0 radical (unpaired) electrons. The first kappa shape index (κ1) is 11.6. The number of hydrogen-bond donors (Lipinski definition) is 1. The summed E-state index contributed by atoms with van der Waals surface area (Å²) in [5.41, 5.74) is 5.64. The molecule has 0 aliphatic carbocycles. The van der Waals surface area contributed by atoms with Crippen LogP contribution in [-0.2, 0) is 9.53 Å². The molecule has 4 heteroatoms. The van der Waals surface area contributed by atoms with Crippen molar-refractivity contribution in [2.24, 2.45) is 5.73 Å². The minimum atomic E-state index is -0.268. The molecule has 14 heavy (non-hydrogen) atoms. The SMILES string of the molecule is CC(=O)[C@H](N)CCCN1CCOCC1. The maximum absolute atomic E-state index is 10.9. The van der Waals surface area contributed by atoms with Crippen molar-refractivity contribution in [2.75, 3.05) is 32.8 Å². The summed E-state index contributed by atoms with van der Waals surface area (Å²) in [6.07, 6.45) is 1.80. The average Bonchev–Trinajstić information content (AvgIpc) is 2.19. The second-order valence-electron chi connectivity index (χ2n) is 3.81. The molecule has 0 aromatic rings. The highest BCUT2D eigenvalue weighted by molar-refractivity contribution is 5.80. The predicted molar refractivity (Wildman–Crippen MR) is 55.1 cm³/mol. The summed E-state index contributed by atoms with van der Waals surface area (Å²) >= 11 is 0. The van der Waals surface area contributed by atoms with Crippen molar-refractivity contribution in [1.82, 2.24) is 4.90 Å². The van der Waals surface area contributed by atoms with Crippen LogP contribution in [0.1, 0.15) is 19.8 Å². The van der Waals surface area contributed by atoms with Gasteiger partial charge in [0.25, 0.3) is 0 Å². The lowest BCUT2D eigenvalue weighted by atomic mass is 10.1. The zero-order valence-corrected chi connectivity index (χ0v) is 8.87. The summed E-state index contributed by atoms with van der Waals surface area (Å²) in [5, 5.41) is 0. The van der Waals surface area contributed by atoms with E-state index in [0.29, 0.717) is 0 Å². The smallest absolute Gasteiger partial charge is 0.146 e. The van der Waals surface area contributed by atoms with Crippen molar-refractivity contribution in [3.05, 3.63) is 0 Å². The van der Waals surface area contributed by atoms with Crippen LogP contribution in [0.3, 0.4) is 0 Å². The molecule has 1 heterocycles. The van der Waals surface area contributed by atoms with E-state index in [9.17, 15) is 4.79 Å². The average molecular weight is 200 g/mol. The molecule has 1 aliphatic rings. The van der Waals surface area contributed by atoms with Crippen LogP contribution in [0.25, 0.3) is 0 Å². The highest BCUT2D eigenvalue weighted by Crippen LogP contribution is 2.02. The van der Waals surface area contributed by atoms with Crippen molar-refractivity contribution in [3.8, 4) is 0 Å². The van der Waals surface area contributed by atoms with Crippen LogP contribution in [-0.4, -0.2) is 49.6 Å². The van der Waals surface area contributed by atoms with Gasteiger partial charge in [-0.15, -0.1) is 0 Å². The number of ketones is 1. The van der Waals surface area contributed by atoms with Crippen molar-refractivity contribution in [3.63, 3.8) is 0 Å². The van der Waals surface area contributed by atoms with Gasteiger partial charge in [0.15, 0.2) is 0 Å². The number of nitrogens with two attached hydrogens (primary N) is 1. The summed E-state index contributed by atoms with van der Waals surface area (Å²) in [4.78, 5) is 13.2. The molecule has 1 aliphatic heterocycles. The van der Waals surface area contributed by atoms with Crippen LogP contribution in [0.2, 0.25) is 0 Å². The maximum atomic E-state index is 10.9. The summed E-state index contributed by atoms with van der Waals surface area (Å²) in [6.45, 7) is 6.27. The third kappa shape index (κ3) is 4.17. The van der Waals surface area contributed by atoms with E-state index >= 15 is 0 Å². The van der Waals surface area contributed by atoms with E-state index in [2.05, 4.69) is 4.90 Å². The molecule has 0 aromatic heterocycles. The van der Waals surface area contributed by atoms with Crippen LogP contribution in [0.4, 0.5) is 0 Å². The molecule has 1 rings (SSSR count). The maximum Gasteiger partial charge on any atom is 0.146 e. The lowest BCUT2D eigenvalue weighted by molar-refractivity contribution is -0.118. The molecule has 1 fully saturated rings. The molecule has 0 saturated carbocycles. The van der Waals surface area contributed by atoms with E-state index in [1.165, 1.54) is 0 Å². The fourth-order valence-electron chi connectivity index (χ4n) is 1.56. The molecule has 0 unspecified atom stereocenters. The molecule has 0 spiro atoms. The Balaban J connectivity index is 2.05. The minimum Gasteiger partial charge on any atom is -0.379 e. The number of rotatable bonds is 5. The third-order valence-corrected chi connectivity index (χ3v) is 2.62. The van der Waals surface area contributed by atoms with Gasteiger partial charge in [-0.25, -0.2) is 0 Å². The Kier molecular flexibility index (Phi) is 5.07. The number of ether oxygens (including phenoxy) is 1. The van der Waals surface area contributed by atoms with Crippen LogP contribution in [0.5, 0.6) is 0 Å². The van der Waals surface area contributed by atoms with Gasteiger partial charge in [-0.05, 0) is 26.3 Å². The first-order valence-electron chi connectivity index (χ1n) is 5.26. The molecule has 4 nitrogen and oxygen atoms in total. The zero-order valence-electron chi connectivity index (χ0n) is 8.87. The van der Waals surface area contributed by atoms with E-state index in [1.807, 2.05) is 0 Å². The van der Waals surface area contributed by atoms with Crippen molar-refractivity contribution in [1.29, 1.82) is 0 Å². The van der Waals surface area contributed by atoms with Gasteiger partial charge in [0.05, 0.1) is 19.3 Å². The Morgan fingerprint density at radius 1 is 1.50 bits per heavy atom. The van der Waals surface area contributed by atoms with Gasteiger partial charge >= 0.3 is 0 Å².